The van der Waals surface area contributed by atoms with Crippen LogP contribution in [0.4, 0.5) is 5.69 Å². The van der Waals surface area contributed by atoms with Crippen molar-refractivity contribution < 1.29 is 15.0 Å². The van der Waals surface area contributed by atoms with Gasteiger partial charge in [-0.25, -0.2) is 0 Å². The van der Waals surface area contributed by atoms with Gasteiger partial charge in [0.15, 0.2) is 0 Å². The van der Waals surface area contributed by atoms with Crippen molar-refractivity contribution in [3.05, 3.63) is 29.8 Å². The van der Waals surface area contributed by atoms with E-state index < -0.39 is 11.4 Å². The lowest BCUT2D eigenvalue weighted by atomic mass is 9.64. The van der Waals surface area contributed by atoms with Crippen LogP contribution in [0.3, 0.4) is 0 Å². The van der Waals surface area contributed by atoms with E-state index in [1.165, 1.54) is 0 Å². The second-order valence-electron chi connectivity index (χ2n) is 6.47. The molecule has 1 aromatic carbocycles. The van der Waals surface area contributed by atoms with Crippen molar-refractivity contribution in [1.82, 2.24) is 0 Å². The molecule has 21 heavy (non-hydrogen) atoms. The molecule has 0 unspecified atom stereocenters. The Morgan fingerprint density at radius 2 is 1.71 bits per heavy atom. The third kappa shape index (κ3) is 2.77. The van der Waals surface area contributed by atoms with Crippen LogP contribution in [0.15, 0.2) is 24.3 Å². The Kier molecular flexibility index (Phi) is 3.89. The fourth-order valence-corrected chi connectivity index (χ4v) is 3.50. The van der Waals surface area contributed by atoms with Crippen LogP contribution in [-0.2, 0) is 10.2 Å². The van der Waals surface area contributed by atoms with E-state index in [0.29, 0.717) is 6.04 Å². The molecule has 0 radical (unpaired) electrons. The van der Waals surface area contributed by atoms with E-state index in [9.17, 15) is 15.0 Å². The van der Waals surface area contributed by atoms with Gasteiger partial charge < -0.3 is 15.5 Å². The molecule has 0 heterocycles. The topological polar surface area (TPSA) is 69.6 Å². The van der Waals surface area contributed by atoms with E-state index in [1.807, 2.05) is 24.3 Å². The summed E-state index contributed by atoms with van der Waals surface area (Å²) in [5.41, 5.74) is 1.32. The average Bonchev–Trinajstić information content (AvgIpc) is 2.42. The SMILES string of the molecule is O=C(O)C1(c2ccc(NC3CCC(O)CC3)cc2)CCC1. The molecule has 2 aliphatic rings. The largest absolute Gasteiger partial charge is 0.481 e. The maximum Gasteiger partial charge on any atom is 0.314 e. The number of carboxylic acids is 1. The normalized spacial score (nSPS) is 27.7. The van der Waals surface area contributed by atoms with Crippen molar-refractivity contribution in [1.29, 1.82) is 0 Å². The molecule has 0 amide bonds. The predicted octanol–water partition coefficient (Wildman–Crippen LogP) is 2.91. The molecular weight excluding hydrogens is 266 g/mol. The van der Waals surface area contributed by atoms with Crippen LogP contribution in [-0.4, -0.2) is 28.3 Å². The number of anilines is 1. The highest BCUT2D eigenvalue weighted by Crippen LogP contribution is 2.44. The molecule has 3 N–H and O–H groups in total. The first-order valence-corrected chi connectivity index (χ1v) is 7.89. The summed E-state index contributed by atoms with van der Waals surface area (Å²) < 4.78 is 0. The van der Waals surface area contributed by atoms with Crippen LogP contribution in [0.25, 0.3) is 0 Å². The smallest absolute Gasteiger partial charge is 0.314 e. The van der Waals surface area contributed by atoms with E-state index in [1.54, 1.807) is 0 Å². The average molecular weight is 289 g/mol. The number of carboxylic acid groups (broad SMARTS) is 1. The summed E-state index contributed by atoms with van der Waals surface area (Å²) in [4.78, 5) is 11.5. The Bertz CT molecular complexity index is 499. The maximum absolute atomic E-state index is 11.5. The lowest BCUT2D eigenvalue weighted by Crippen LogP contribution is -2.42. The van der Waals surface area contributed by atoms with E-state index in [2.05, 4.69) is 5.32 Å². The molecule has 0 aliphatic heterocycles. The zero-order valence-electron chi connectivity index (χ0n) is 12.2. The standard InChI is InChI=1S/C17H23NO3/c19-15-8-6-14(7-9-15)18-13-4-2-12(3-5-13)17(16(20)21)10-1-11-17/h2-5,14-15,18-19H,1,6-11H2,(H,20,21). The minimum Gasteiger partial charge on any atom is -0.481 e. The second kappa shape index (κ2) is 5.68. The van der Waals surface area contributed by atoms with Crippen LogP contribution in [0.5, 0.6) is 0 Å². The van der Waals surface area contributed by atoms with Crippen LogP contribution in [0.2, 0.25) is 0 Å². The van der Waals surface area contributed by atoms with Gasteiger partial charge in [-0.3, -0.25) is 4.79 Å². The summed E-state index contributed by atoms with van der Waals surface area (Å²) in [7, 11) is 0. The van der Waals surface area contributed by atoms with Crippen molar-refractivity contribution in [2.45, 2.75) is 62.5 Å². The van der Waals surface area contributed by atoms with Crippen molar-refractivity contribution in [3.8, 4) is 0 Å². The zero-order chi connectivity index (χ0) is 14.9. The van der Waals surface area contributed by atoms with Crippen LogP contribution >= 0.6 is 0 Å². The Morgan fingerprint density at radius 3 is 2.19 bits per heavy atom. The molecule has 0 bridgehead atoms. The highest BCUT2D eigenvalue weighted by molar-refractivity contribution is 5.82. The Morgan fingerprint density at radius 1 is 1.10 bits per heavy atom. The first-order chi connectivity index (χ1) is 10.1. The molecule has 2 saturated carbocycles. The molecule has 0 aromatic heterocycles. The molecule has 1 aromatic rings. The lowest BCUT2D eigenvalue weighted by Gasteiger charge is -2.38. The van der Waals surface area contributed by atoms with Crippen LogP contribution < -0.4 is 5.32 Å². The van der Waals surface area contributed by atoms with Crippen molar-refractivity contribution in [2.75, 3.05) is 5.32 Å². The molecule has 4 nitrogen and oxygen atoms in total. The monoisotopic (exact) mass is 289 g/mol. The second-order valence-corrected chi connectivity index (χ2v) is 6.47. The van der Waals surface area contributed by atoms with Crippen LogP contribution in [0, 0.1) is 0 Å². The third-order valence-electron chi connectivity index (χ3n) is 5.12. The molecular formula is C17H23NO3. The molecule has 2 fully saturated rings. The van der Waals surface area contributed by atoms with Gasteiger partial charge in [0.05, 0.1) is 11.5 Å². The fraction of sp³-hybridized carbons (Fsp3) is 0.588. The summed E-state index contributed by atoms with van der Waals surface area (Å²) in [6.07, 6.45) is 6.04. The highest BCUT2D eigenvalue weighted by atomic mass is 16.4. The van der Waals surface area contributed by atoms with Gasteiger partial charge in [-0.05, 0) is 56.2 Å². The Labute approximate surface area is 125 Å². The summed E-state index contributed by atoms with van der Waals surface area (Å²) >= 11 is 0. The number of nitrogens with one attached hydrogen (secondary N) is 1. The van der Waals surface area contributed by atoms with E-state index in [-0.39, 0.29) is 6.10 Å². The first-order valence-electron chi connectivity index (χ1n) is 7.89. The number of hydrogen-bond acceptors (Lipinski definition) is 3. The molecule has 114 valence electrons. The maximum atomic E-state index is 11.5. The fourth-order valence-electron chi connectivity index (χ4n) is 3.50. The summed E-state index contributed by atoms with van der Waals surface area (Å²) in [5, 5.41) is 22.5. The number of carbonyl (C=O) groups is 1. The Balaban J connectivity index is 1.66. The molecule has 0 saturated heterocycles. The van der Waals surface area contributed by atoms with Crippen molar-refractivity contribution in [2.24, 2.45) is 0 Å². The number of aliphatic hydroxyl groups is 1. The number of aliphatic carboxylic acids is 1. The summed E-state index contributed by atoms with van der Waals surface area (Å²) in [6.45, 7) is 0. The van der Waals surface area contributed by atoms with E-state index in [0.717, 1.165) is 56.2 Å². The quantitative estimate of drug-likeness (QED) is 0.797. The minimum absolute atomic E-state index is 0.139. The number of benzene rings is 1. The first kappa shape index (κ1) is 14.4. The molecule has 2 aliphatic carbocycles. The Hall–Kier alpha value is -1.55. The predicted molar refractivity (Wildman–Crippen MR) is 81.5 cm³/mol. The van der Waals surface area contributed by atoms with Gasteiger partial charge in [0.1, 0.15) is 0 Å². The van der Waals surface area contributed by atoms with Gasteiger partial charge in [0.25, 0.3) is 0 Å². The van der Waals surface area contributed by atoms with E-state index in [4.69, 9.17) is 0 Å². The van der Waals surface area contributed by atoms with Gasteiger partial charge in [-0.1, -0.05) is 18.6 Å². The number of hydrogen-bond donors (Lipinski definition) is 3. The number of rotatable bonds is 4. The third-order valence-corrected chi connectivity index (χ3v) is 5.12. The molecule has 0 spiro atoms. The molecule has 4 heteroatoms. The van der Waals surface area contributed by atoms with Gasteiger partial charge in [-0.15, -0.1) is 0 Å². The number of aliphatic hydroxyl groups excluding tert-OH is 1. The van der Waals surface area contributed by atoms with Crippen molar-refractivity contribution >= 4 is 11.7 Å². The van der Waals surface area contributed by atoms with Crippen LogP contribution in [0.1, 0.15) is 50.5 Å². The van der Waals surface area contributed by atoms with Gasteiger partial charge in [0.2, 0.25) is 0 Å². The highest BCUT2D eigenvalue weighted by Gasteiger charge is 2.45. The molecule has 3 rings (SSSR count). The van der Waals surface area contributed by atoms with Gasteiger partial charge in [-0.2, -0.15) is 0 Å². The summed E-state index contributed by atoms with van der Waals surface area (Å²) in [5.74, 6) is -0.698. The minimum atomic E-state index is -0.698. The lowest BCUT2D eigenvalue weighted by molar-refractivity contribution is -0.147. The van der Waals surface area contributed by atoms with E-state index >= 15 is 0 Å². The molecule has 0 atom stereocenters. The summed E-state index contributed by atoms with van der Waals surface area (Å²) in [6, 6.07) is 8.30. The zero-order valence-corrected chi connectivity index (χ0v) is 12.2. The van der Waals surface area contributed by atoms with Crippen molar-refractivity contribution in [3.63, 3.8) is 0 Å². The van der Waals surface area contributed by atoms with Gasteiger partial charge in [0, 0.05) is 11.7 Å². The van der Waals surface area contributed by atoms with Gasteiger partial charge >= 0.3 is 5.97 Å².